The molecule has 0 aromatic carbocycles. The fourth-order valence-electron chi connectivity index (χ4n) is 1.47. The third kappa shape index (κ3) is 4.02. The Bertz CT molecular complexity index is 392. The van der Waals surface area contributed by atoms with E-state index in [1.165, 1.54) is 0 Å². The standard InChI is InChI=1S/C12H17NO5/c1-5-12(16)6-8(13-7-12)9(14)17-10(15)18-11(2,3)4/h1,8,13,16H,6-7H2,2-4H3. The van der Waals surface area contributed by atoms with Crippen LogP contribution in [-0.4, -0.2) is 41.0 Å². The quantitative estimate of drug-likeness (QED) is 0.395. The van der Waals surface area contributed by atoms with Crippen molar-refractivity contribution in [2.45, 2.75) is 44.4 Å². The maximum Gasteiger partial charge on any atom is 0.516 e. The zero-order chi connectivity index (χ0) is 14.0. The molecular formula is C12H17NO5. The van der Waals surface area contributed by atoms with Crippen LogP contribution in [0.25, 0.3) is 0 Å². The Morgan fingerprint density at radius 2 is 2.11 bits per heavy atom. The molecule has 1 heterocycles. The molecule has 1 fully saturated rings. The number of hydrogen-bond donors (Lipinski definition) is 2. The van der Waals surface area contributed by atoms with Gasteiger partial charge in [0.2, 0.25) is 0 Å². The van der Waals surface area contributed by atoms with E-state index in [1.807, 2.05) is 0 Å². The summed E-state index contributed by atoms with van der Waals surface area (Å²) in [4.78, 5) is 22.8. The highest BCUT2D eigenvalue weighted by Gasteiger charge is 2.40. The van der Waals surface area contributed by atoms with Crippen LogP contribution < -0.4 is 5.32 Å². The minimum absolute atomic E-state index is 0.00509. The lowest BCUT2D eigenvalue weighted by Crippen LogP contribution is -2.35. The summed E-state index contributed by atoms with van der Waals surface area (Å²) < 4.78 is 9.34. The van der Waals surface area contributed by atoms with E-state index in [0.29, 0.717) is 0 Å². The van der Waals surface area contributed by atoms with Crippen LogP contribution in [0.15, 0.2) is 0 Å². The molecule has 2 atom stereocenters. The number of nitrogens with one attached hydrogen (secondary N) is 1. The van der Waals surface area contributed by atoms with Crippen LogP contribution in [0.3, 0.4) is 0 Å². The molecule has 1 rings (SSSR count). The zero-order valence-electron chi connectivity index (χ0n) is 10.6. The topological polar surface area (TPSA) is 84.9 Å². The number of β-amino-alcohol motifs (C(OH)–C–C–N with tert-alkyl or cyclic N) is 1. The van der Waals surface area contributed by atoms with Crippen LogP contribution in [0.2, 0.25) is 0 Å². The number of ether oxygens (including phenoxy) is 2. The van der Waals surface area contributed by atoms with Crippen molar-refractivity contribution in [1.82, 2.24) is 5.32 Å². The summed E-state index contributed by atoms with van der Waals surface area (Å²) in [6.07, 6.45) is 4.07. The normalized spacial score (nSPS) is 27.4. The lowest BCUT2D eigenvalue weighted by atomic mass is 10.0. The van der Waals surface area contributed by atoms with Gasteiger partial charge in [0.25, 0.3) is 0 Å². The number of rotatable bonds is 1. The van der Waals surface area contributed by atoms with Gasteiger partial charge >= 0.3 is 12.1 Å². The summed E-state index contributed by atoms with van der Waals surface area (Å²) in [5.74, 6) is 1.38. The van der Waals surface area contributed by atoms with Gasteiger partial charge < -0.3 is 19.9 Å². The third-order valence-corrected chi connectivity index (χ3v) is 2.31. The van der Waals surface area contributed by atoms with Crippen molar-refractivity contribution in [3.63, 3.8) is 0 Å². The van der Waals surface area contributed by atoms with Crippen LogP contribution in [-0.2, 0) is 14.3 Å². The summed E-state index contributed by atoms with van der Waals surface area (Å²) in [5, 5.41) is 12.4. The van der Waals surface area contributed by atoms with Crippen LogP contribution in [0.5, 0.6) is 0 Å². The fraction of sp³-hybridized carbons (Fsp3) is 0.667. The van der Waals surface area contributed by atoms with Crippen LogP contribution in [0, 0.1) is 12.3 Å². The predicted molar refractivity (Wildman–Crippen MR) is 62.5 cm³/mol. The van der Waals surface area contributed by atoms with E-state index in [0.717, 1.165) is 0 Å². The lowest BCUT2D eigenvalue weighted by Gasteiger charge is -2.19. The summed E-state index contributed by atoms with van der Waals surface area (Å²) in [6.45, 7) is 5.05. The highest BCUT2D eigenvalue weighted by molar-refractivity contribution is 5.86. The minimum Gasteiger partial charge on any atom is -0.428 e. The van der Waals surface area contributed by atoms with Gasteiger partial charge in [-0.05, 0) is 20.8 Å². The number of hydrogen-bond acceptors (Lipinski definition) is 6. The molecule has 0 aliphatic carbocycles. The summed E-state index contributed by atoms with van der Waals surface area (Å²) in [5.41, 5.74) is -2.11. The average Bonchev–Trinajstić information content (AvgIpc) is 2.59. The molecule has 6 heteroatoms. The molecule has 1 saturated heterocycles. The first-order chi connectivity index (χ1) is 8.15. The second kappa shape index (κ2) is 4.96. The predicted octanol–water partition coefficient (Wildman–Crippen LogP) is 0.191. The van der Waals surface area contributed by atoms with Crippen molar-refractivity contribution in [3.05, 3.63) is 0 Å². The summed E-state index contributed by atoms with van der Waals surface area (Å²) >= 11 is 0. The van der Waals surface area contributed by atoms with Crippen molar-refractivity contribution in [3.8, 4) is 12.3 Å². The number of esters is 1. The maximum absolute atomic E-state index is 11.6. The van der Waals surface area contributed by atoms with Gasteiger partial charge in [-0.1, -0.05) is 5.92 Å². The smallest absolute Gasteiger partial charge is 0.428 e. The monoisotopic (exact) mass is 255 g/mol. The van der Waals surface area contributed by atoms with Crippen molar-refractivity contribution in [2.24, 2.45) is 0 Å². The van der Waals surface area contributed by atoms with Crippen LogP contribution in [0.4, 0.5) is 4.79 Å². The molecule has 6 nitrogen and oxygen atoms in total. The van der Waals surface area contributed by atoms with Gasteiger partial charge in [-0.25, -0.2) is 9.59 Å². The molecule has 0 amide bonds. The van der Waals surface area contributed by atoms with Crippen molar-refractivity contribution in [2.75, 3.05) is 6.54 Å². The molecule has 2 N–H and O–H groups in total. The number of carbonyl (C=O) groups is 2. The van der Waals surface area contributed by atoms with E-state index in [-0.39, 0.29) is 13.0 Å². The summed E-state index contributed by atoms with van der Waals surface area (Å²) in [7, 11) is 0. The van der Waals surface area contributed by atoms with E-state index in [9.17, 15) is 14.7 Å². The second-order valence-corrected chi connectivity index (χ2v) is 5.20. The van der Waals surface area contributed by atoms with E-state index in [4.69, 9.17) is 11.2 Å². The van der Waals surface area contributed by atoms with Gasteiger partial charge in [0.1, 0.15) is 17.2 Å². The Labute approximate surface area is 106 Å². The average molecular weight is 255 g/mol. The molecule has 0 saturated carbocycles. The third-order valence-electron chi connectivity index (χ3n) is 2.31. The first kappa shape index (κ1) is 14.5. The van der Waals surface area contributed by atoms with E-state index >= 15 is 0 Å². The SMILES string of the molecule is C#CC1(O)CNC(C(=O)OC(=O)OC(C)(C)C)C1. The van der Waals surface area contributed by atoms with Gasteiger partial charge in [-0.2, -0.15) is 0 Å². The van der Waals surface area contributed by atoms with Crippen LogP contribution in [0.1, 0.15) is 27.2 Å². The minimum atomic E-state index is -1.38. The Hall–Kier alpha value is -1.58. The van der Waals surface area contributed by atoms with E-state index in [1.54, 1.807) is 20.8 Å². The largest absolute Gasteiger partial charge is 0.516 e. The first-order valence-corrected chi connectivity index (χ1v) is 5.53. The lowest BCUT2D eigenvalue weighted by molar-refractivity contribution is -0.143. The van der Waals surface area contributed by atoms with Crippen molar-refractivity contribution < 1.29 is 24.2 Å². The van der Waals surface area contributed by atoms with E-state index < -0.39 is 29.4 Å². The van der Waals surface area contributed by atoms with E-state index in [2.05, 4.69) is 16.0 Å². The van der Waals surface area contributed by atoms with Crippen molar-refractivity contribution >= 4 is 12.1 Å². The zero-order valence-corrected chi connectivity index (χ0v) is 10.6. The van der Waals surface area contributed by atoms with Crippen LogP contribution >= 0.6 is 0 Å². The Kier molecular flexibility index (Phi) is 3.99. The second-order valence-electron chi connectivity index (χ2n) is 5.20. The first-order valence-electron chi connectivity index (χ1n) is 5.53. The number of carbonyl (C=O) groups excluding carboxylic acids is 2. The molecule has 0 aromatic heterocycles. The molecule has 0 radical (unpaired) electrons. The number of terminal acetylenes is 1. The van der Waals surface area contributed by atoms with Crippen molar-refractivity contribution in [1.29, 1.82) is 0 Å². The Morgan fingerprint density at radius 3 is 2.56 bits per heavy atom. The van der Waals surface area contributed by atoms with Gasteiger partial charge in [0, 0.05) is 13.0 Å². The summed E-state index contributed by atoms with van der Waals surface area (Å²) in [6, 6.07) is -0.807. The molecule has 1 aliphatic rings. The number of aliphatic hydroxyl groups is 1. The molecular weight excluding hydrogens is 238 g/mol. The molecule has 0 bridgehead atoms. The fourth-order valence-corrected chi connectivity index (χ4v) is 1.47. The molecule has 2 unspecified atom stereocenters. The van der Waals surface area contributed by atoms with Gasteiger partial charge in [-0.15, -0.1) is 6.42 Å². The highest BCUT2D eigenvalue weighted by Crippen LogP contribution is 2.19. The van der Waals surface area contributed by atoms with Gasteiger partial charge in [0.15, 0.2) is 0 Å². The Balaban J connectivity index is 2.49. The Morgan fingerprint density at radius 1 is 1.50 bits per heavy atom. The van der Waals surface area contributed by atoms with Gasteiger partial charge in [-0.3, -0.25) is 0 Å². The van der Waals surface area contributed by atoms with Gasteiger partial charge in [0.05, 0.1) is 0 Å². The molecule has 0 aromatic rings. The molecule has 0 spiro atoms. The molecule has 1 aliphatic heterocycles. The highest BCUT2D eigenvalue weighted by atomic mass is 16.7. The molecule has 100 valence electrons. The molecule has 18 heavy (non-hydrogen) atoms. The maximum atomic E-state index is 11.6.